The predicted molar refractivity (Wildman–Crippen MR) is 150 cm³/mol. The monoisotopic (exact) mass is 535 g/mol. The zero-order chi connectivity index (χ0) is 26.8. The lowest BCUT2D eigenvalue weighted by molar-refractivity contribution is -0.118. The Morgan fingerprint density at radius 3 is 2.56 bits per heavy atom. The molecule has 10 heteroatoms. The van der Waals surface area contributed by atoms with Gasteiger partial charge in [-0.3, -0.25) is 19.9 Å². The fourth-order valence-corrected chi connectivity index (χ4v) is 4.45. The summed E-state index contributed by atoms with van der Waals surface area (Å²) in [5.74, 6) is 0.0903. The molecule has 0 saturated carbocycles. The number of aromatic amines is 2. The smallest absolute Gasteiger partial charge is 0.252 e. The van der Waals surface area contributed by atoms with E-state index in [1.54, 1.807) is 36.5 Å². The third-order valence-electron chi connectivity index (χ3n) is 6.33. The van der Waals surface area contributed by atoms with Gasteiger partial charge in [-0.15, -0.1) is 0 Å². The van der Waals surface area contributed by atoms with Crippen molar-refractivity contribution in [3.05, 3.63) is 108 Å². The summed E-state index contributed by atoms with van der Waals surface area (Å²) in [6.07, 6.45) is 5.20. The standard InChI is InChI=1S/C29H22ClN7O2/c30-21-8-5-17(6-9-21)13-25(28(39)37-29-31-11-12-32-29)36-27(38)19-7-10-22-23(15-19)35-26(34-22)24-14-18-3-1-2-4-20(18)16-33-24/h1-12,14-16,25H,13H2,(H,34,35)(H,36,38)(H2,31,32,37,39). The van der Waals surface area contributed by atoms with E-state index in [0.717, 1.165) is 21.9 Å². The number of nitrogens with one attached hydrogen (secondary N) is 4. The lowest BCUT2D eigenvalue weighted by atomic mass is 10.0. The first-order valence-electron chi connectivity index (χ1n) is 12.2. The minimum atomic E-state index is -0.865. The van der Waals surface area contributed by atoms with Gasteiger partial charge in [-0.2, -0.15) is 0 Å². The second-order valence-corrected chi connectivity index (χ2v) is 9.45. The Labute approximate surface area is 227 Å². The number of H-pyrrole nitrogens is 2. The number of rotatable bonds is 7. The van der Waals surface area contributed by atoms with E-state index in [4.69, 9.17) is 11.6 Å². The highest BCUT2D eigenvalue weighted by molar-refractivity contribution is 6.30. The van der Waals surface area contributed by atoms with E-state index in [2.05, 4.69) is 35.6 Å². The van der Waals surface area contributed by atoms with Crippen LogP contribution in [-0.4, -0.2) is 42.8 Å². The van der Waals surface area contributed by atoms with Crippen molar-refractivity contribution in [1.82, 2.24) is 30.2 Å². The van der Waals surface area contributed by atoms with Crippen LogP contribution in [0.4, 0.5) is 5.95 Å². The molecule has 3 aromatic heterocycles. The molecule has 0 radical (unpaired) electrons. The van der Waals surface area contributed by atoms with Crippen molar-refractivity contribution < 1.29 is 9.59 Å². The lowest BCUT2D eigenvalue weighted by Gasteiger charge is -2.18. The van der Waals surface area contributed by atoms with Crippen LogP contribution in [-0.2, 0) is 11.2 Å². The van der Waals surface area contributed by atoms with E-state index in [-0.39, 0.29) is 6.42 Å². The van der Waals surface area contributed by atoms with Gasteiger partial charge in [0.15, 0.2) is 5.82 Å². The highest BCUT2D eigenvalue weighted by Gasteiger charge is 2.23. The predicted octanol–water partition coefficient (Wildman–Crippen LogP) is 5.13. The van der Waals surface area contributed by atoms with Gasteiger partial charge in [0.1, 0.15) is 11.7 Å². The number of amides is 2. The number of aromatic nitrogens is 5. The summed E-state index contributed by atoms with van der Waals surface area (Å²) in [7, 11) is 0. The maximum absolute atomic E-state index is 13.3. The summed E-state index contributed by atoms with van der Waals surface area (Å²) in [5.41, 5.74) is 3.30. The molecule has 2 amide bonds. The van der Waals surface area contributed by atoms with Crippen LogP contribution < -0.4 is 10.6 Å². The molecule has 3 heterocycles. The molecular weight excluding hydrogens is 514 g/mol. The van der Waals surface area contributed by atoms with E-state index < -0.39 is 17.9 Å². The highest BCUT2D eigenvalue weighted by atomic mass is 35.5. The molecule has 4 N–H and O–H groups in total. The largest absolute Gasteiger partial charge is 0.340 e. The number of pyridine rings is 1. The minimum absolute atomic E-state index is 0.262. The lowest BCUT2D eigenvalue weighted by Crippen LogP contribution is -2.45. The Morgan fingerprint density at radius 1 is 0.949 bits per heavy atom. The van der Waals surface area contributed by atoms with Crippen LogP contribution in [0, 0.1) is 0 Å². The van der Waals surface area contributed by atoms with Crippen molar-refractivity contribution in [1.29, 1.82) is 0 Å². The fraction of sp³-hybridized carbons (Fsp3) is 0.0690. The molecule has 0 saturated heterocycles. The number of hydrogen-bond acceptors (Lipinski definition) is 5. The van der Waals surface area contributed by atoms with Crippen molar-refractivity contribution in [3.8, 4) is 11.5 Å². The van der Waals surface area contributed by atoms with Crippen molar-refractivity contribution in [2.24, 2.45) is 0 Å². The first kappa shape index (κ1) is 24.3. The zero-order valence-corrected chi connectivity index (χ0v) is 21.2. The second-order valence-electron chi connectivity index (χ2n) is 9.02. The van der Waals surface area contributed by atoms with Crippen molar-refractivity contribution in [2.75, 3.05) is 5.32 Å². The van der Waals surface area contributed by atoms with Crippen LogP contribution in [0.3, 0.4) is 0 Å². The molecule has 9 nitrogen and oxygen atoms in total. The normalized spacial score (nSPS) is 11.9. The molecule has 0 aliphatic carbocycles. The van der Waals surface area contributed by atoms with Crippen LogP contribution in [0.5, 0.6) is 0 Å². The van der Waals surface area contributed by atoms with Gasteiger partial charge in [0.05, 0.1) is 11.0 Å². The maximum atomic E-state index is 13.3. The molecule has 6 rings (SSSR count). The van der Waals surface area contributed by atoms with Gasteiger partial charge < -0.3 is 15.3 Å². The maximum Gasteiger partial charge on any atom is 0.252 e. The van der Waals surface area contributed by atoms with Crippen molar-refractivity contribution in [3.63, 3.8) is 0 Å². The van der Waals surface area contributed by atoms with E-state index >= 15 is 0 Å². The van der Waals surface area contributed by atoms with E-state index in [1.807, 2.05) is 48.7 Å². The molecule has 39 heavy (non-hydrogen) atoms. The third-order valence-corrected chi connectivity index (χ3v) is 6.59. The van der Waals surface area contributed by atoms with E-state index in [9.17, 15) is 9.59 Å². The quantitative estimate of drug-likeness (QED) is 0.225. The fourth-order valence-electron chi connectivity index (χ4n) is 4.33. The molecule has 0 fully saturated rings. The summed E-state index contributed by atoms with van der Waals surface area (Å²) in [5, 5.41) is 8.25. The Hall–Kier alpha value is -5.02. The van der Waals surface area contributed by atoms with Gasteiger partial charge in [-0.05, 0) is 47.3 Å². The average Bonchev–Trinajstić information content (AvgIpc) is 3.63. The average molecular weight is 536 g/mol. The summed E-state index contributed by atoms with van der Waals surface area (Å²) in [6.45, 7) is 0. The summed E-state index contributed by atoms with van der Waals surface area (Å²) in [6, 6.07) is 21.4. The van der Waals surface area contributed by atoms with Crippen molar-refractivity contribution >= 4 is 51.2 Å². The Bertz CT molecular complexity index is 1800. The number of anilines is 1. The summed E-state index contributed by atoms with van der Waals surface area (Å²) >= 11 is 6.01. The molecule has 6 aromatic rings. The van der Waals surface area contributed by atoms with Gasteiger partial charge in [-0.1, -0.05) is 48.0 Å². The highest BCUT2D eigenvalue weighted by Crippen LogP contribution is 2.23. The Kier molecular flexibility index (Phi) is 6.48. The molecule has 3 aromatic carbocycles. The van der Waals surface area contributed by atoms with Gasteiger partial charge in [0, 0.05) is 41.0 Å². The van der Waals surface area contributed by atoms with Gasteiger partial charge in [-0.25, -0.2) is 9.97 Å². The van der Waals surface area contributed by atoms with Crippen LogP contribution in [0.2, 0.25) is 5.02 Å². The molecular formula is C29H22ClN7O2. The van der Waals surface area contributed by atoms with Crippen molar-refractivity contribution in [2.45, 2.75) is 12.5 Å². The number of halogens is 1. The van der Waals surface area contributed by atoms with Gasteiger partial charge in [0.2, 0.25) is 11.9 Å². The van der Waals surface area contributed by atoms with E-state index in [1.165, 1.54) is 6.20 Å². The zero-order valence-electron chi connectivity index (χ0n) is 20.5. The summed E-state index contributed by atoms with van der Waals surface area (Å²) < 4.78 is 0. The summed E-state index contributed by atoms with van der Waals surface area (Å²) in [4.78, 5) is 45.7. The van der Waals surface area contributed by atoms with Crippen LogP contribution >= 0.6 is 11.6 Å². The number of carbonyl (C=O) groups is 2. The first-order valence-corrected chi connectivity index (χ1v) is 12.6. The molecule has 0 aliphatic rings. The van der Waals surface area contributed by atoms with Crippen LogP contribution in [0.25, 0.3) is 33.3 Å². The number of imidazole rings is 2. The third kappa shape index (κ3) is 5.34. The Balaban J connectivity index is 1.25. The molecule has 1 unspecified atom stereocenters. The van der Waals surface area contributed by atoms with E-state index in [0.29, 0.717) is 33.6 Å². The van der Waals surface area contributed by atoms with Gasteiger partial charge in [0.25, 0.3) is 5.91 Å². The number of hydrogen-bond donors (Lipinski definition) is 4. The number of nitrogens with zero attached hydrogens (tertiary/aromatic N) is 3. The topological polar surface area (TPSA) is 128 Å². The number of carbonyl (C=O) groups excluding carboxylic acids is 2. The van der Waals surface area contributed by atoms with Crippen LogP contribution in [0.1, 0.15) is 15.9 Å². The Morgan fingerprint density at radius 2 is 1.77 bits per heavy atom. The molecule has 192 valence electrons. The molecule has 0 bridgehead atoms. The first-order chi connectivity index (χ1) is 19.0. The van der Waals surface area contributed by atoms with Crippen LogP contribution in [0.15, 0.2) is 91.4 Å². The second kappa shape index (κ2) is 10.4. The molecule has 0 spiro atoms. The molecule has 0 aliphatic heterocycles. The molecule has 1 atom stereocenters. The minimum Gasteiger partial charge on any atom is -0.340 e. The number of benzene rings is 3. The van der Waals surface area contributed by atoms with Gasteiger partial charge >= 0.3 is 0 Å². The SMILES string of the molecule is O=C(NC(Cc1ccc(Cl)cc1)C(=O)Nc1ncc[nH]1)c1ccc2[nH]c(-c3cc4ccccc4cn3)nc2c1. The number of fused-ring (bicyclic) bond motifs is 2.